The molecule has 4 rings (SSSR count). The van der Waals surface area contributed by atoms with E-state index in [0.717, 1.165) is 35.6 Å². The van der Waals surface area contributed by atoms with E-state index >= 15 is 0 Å². The van der Waals surface area contributed by atoms with Crippen LogP contribution in [0.25, 0.3) is 0 Å². The summed E-state index contributed by atoms with van der Waals surface area (Å²) in [5, 5.41) is 3.24. The van der Waals surface area contributed by atoms with Gasteiger partial charge in [0, 0.05) is 12.6 Å². The molecule has 1 saturated carbocycles. The van der Waals surface area contributed by atoms with Crippen molar-refractivity contribution in [3.8, 4) is 0 Å². The van der Waals surface area contributed by atoms with E-state index < -0.39 is 28.5 Å². The third-order valence-corrected chi connectivity index (χ3v) is 9.75. The van der Waals surface area contributed by atoms with Crippen molar-refractivity contribution in [1.29, 1.82) is 0 Å². The van der Waals surface area contributed by atoms with Gasteiger partial charge >= 0.3 is 0 Å². The second-order valence-electron chi connectivity index (χ2n) is 9.89. The van der Waals surface area contributed by atoms with Gasteiger partial charge in [0.25, 0.3) is 10.0 Å². The lowest BCUT2D eigenvalue weighted by molar-refractivity contribution is -0.139. The Morgan fingerprint density at radius 3 is 2.20 bits per heavy atom. The average molecular weight is 603 g/mol. The normalized spacial score (nSPS) is 14.5. The molecule has 1 fully saturated rings. The SMILES string of the molecule is C[C@@H](C(=O)NC1CCCC1)N(CCc1ccccc1)C(=O)CN(c1cccc(Cl)c1Cl)S(=O)(=O)c1ccccc1. The maximum atomic E-state index is 14.0. The van der Waals surface area contributed by atoms with Crippen molar-refractivity contribution >= 4 is 50.7 Å². The lowest BCUT2D eigenvalue weighted by Gasteiger charge is -2.32. The molecule has 40 heavy (non-hydrogen) atoms. The fraction of sp³-hybridized carbons (Fsp3) is 0.333. The number of rotatable bonds is 11. The van der Waals surface area contributed by atoms with Crippen LogP contribution in [-0.2, 0) is 26.0 Å². The summed E-state index contributed by atoms with van der Waals surface area (Å²) >= 11 is 12.7. The Morgan fingerprint density at radius 2 is 1.55 bits per heavy atom. The van der Waals surface area contributed by atoms with Gasteiger partial charge in [-0.1, -0.05) is 90.6 Å². The molecule has 0 spiro atoms. The number of hydrogen-bond acceptors (Lipinski definition) is 4. The van der Waals surface area contributed by atoms with Crippen LogP contribution in [0.5, 0.6) is 0 Å². The molecule has 0 aliphatic heterocycles. The van der Waals surface area contributed by atoms with Crippen molar-refractivity contribution in [2.75, 3.05) is 17.4 Å². The van der Waals surface area contributed by atoms with Crippen LogP contribution in [0.4, 0.5) is 5.69 Å². The highest BCUT2D eigenvalue weighted by Crippen LogP contribution is 2.35. The number of hydrogen-bond donors (Lipinski definition) is 1. The van der Waals surface area contributed by atoms with Gasteiger partial charge in [0.2, 0.25) is 11.8 Å². The molecule has 0 aromatic heterocycles. The van der Waals surface area contributed by atoms with Crippen LogP contribution in [0.15, 0.2) is 83.8 Å². The van der Waals surface area contributed by atoms with Gasteiger partial charge in [-0.15, -0.1) is 0 Å². The molecule has 1 aliphatic carbocycles. The Labute approximate surface area is 246 Å². The van der Waals surface area contributed by atoms with Crippen LogP contribution >= 0.6 is 23.2 Å². The number of benzene rings is 3. The zero-order valence-corrected chi connectivity index (χ0v) is 24.6. The van der Waals surface area contributed by atoms with Gasteiger partial charge in [-0.05, 0) is 56.0 Å². The van der Waals surface area contributed by atoms with Gasteiger partial charge in [-0.3, -0.25) is 13.9 Å². The minimum Gasteiger partial charge on any atom is -0.352 e. The second-order valence-corrected chi connectivity index (χ2v) is 12.5. The molecular formula is C30H33Cl2N3O4S. The van der Waals surface area contributed by atoms with E-state index in [1.165, 1.54) is 23.1 Å². The summed E-state index contributed by atoms with van der Waals surface area (Å²) in [6.45, 7) is 1.34. The molecule has 1 aliphatic rings. The maximum Gasteiger partial charge on any atom is 0.264 e. The standard InChI is InChI=1S/C30H33Cl2N3O4S/c1-22(30(37)33-24-13-8-9-14-24)34(20-19-23-11-4-2-5-12-23)28(36)21-35(27-18-10-17-26(31)29(27)32)40(38,39)25-15-6-3-7-16-25/h2-7,10-12,15-18,22,24H,8-9,13-14,19-21H2,1H3,(H,33,37)/t22-/m0/s1. The first kappa shape index (κ1) is 29.9. The van der Waals surface area contributed by atoms with Crippen molar-refractivity contribution in [3.05, 3.63) is 94.5 Å². The molecule has 10 heteroatoms. The molecule has 0 saturated heterocycles. The highest BCUT2D eigenvalue weighted by Gasteiger charge is 2.34. The Morgan fingerprint density at radius 1 is 0.925 bits per heavy atom. The van der Waals surface area contributed by atoms with E-state index in [1.54, 1.807) is 37.3 Å². The third kappa shape index (κ3) is 7.16. The van der Waals surface area contributed by atoms with E-state index in [0.29, 0.717) is 6.42 Å². The Bertz CT molecular complexity index is 1420. The van der Waals surface area contributed by atoms with Gasteiger partial charge in [0.05, 0.1) is 20.6 Å². The summed E-state index contributed by atoms with van der Waals surface area (Å²) in [5.74, 6) is -0.785. The van der Waals surface area contributed by atoms with Gasteiger partial charge in [-0.25, -0.2) is 8.42 Å². The zero-order chi connectivity index (χ0) is 28.7. The van der Waals surface area contributed by atoms with E-state index in [1.807, 2.05) is 30.3 Å². The number of amides is 2. The molecule has 0 heterocycles. The fourth-order valence-electron chi connectivity index (χ4n) is 4.88. The zero-order valence-electron chi connectivity index (χ0n) is 22.3. The summed E-state index contributed by atoms with van der Waals surface area (Å²) in [4.78, 5) is 28.7. The highest BCUT2D eigenvalue weighted by molar-refractivity contribution is 7.92. The summed E-state index contributed by atoms with van der Waals surface area (Å²) in [6, 6.07) is 21.3. The number of nitrogens with one attached hydrogen (secondary N) is 1. The molecule has 212 valence electrons. The number of anilines is 1. The predicted octanol–water partition coefficient (Wildman–Crippen LogP) is 5.71. The fourth-order valence-corrected chi connectivity index (χ4v) is 6.77. The molecule has 0 radical (unpaired) electrons. The number of carbonyl (C=O) groups is 2. The average Bonchev–Trinajstić information content (AvgIpc) is 3.47. The van der Waals surface area contributed by atoms with Gasteiger partial charge < -0.3 is 10.2 Å². The Kier molecular flexibility index (Phi) is 10.1. The summed E-state index contributed by atoms with van der Waals surface area (Å²) in [6.07, 6.45) is 4.43. The molecule has 1 N–H and O–H groups in total. The quantitative estimate of drug-likeness (QED) is 0.305. The second kappa shape index (κ2) is 13.5. The lowest BCUT2D eigenvalue weighted by atomic mass is 10.1. The molecule has 0 unspecified atom stereocenters. The molecular weight excluding hydrogens is 569 g/mol. The van der Waals surface area contributed by atoms with Crippen LogP contribution in [0.1, 0.15) is 38.2 Å². The van der Waals surface area contributed by atoms with Crippen LogP contribution in [0, 0.1) is 0 Å². The molecule has 3 aromatic carbocycles. The molecule has 1 atom stereocenters. The van der Waals surface area contributed by atoms with Gasteiger partial charge in [0.1, 0.15) is 12.6 Å². The Balaban J connectivity index is 1.66. The first-order valence-corrected chi connectivity index (χ1v) is 15.5. The molecule has 3 aromatic rings. The number of halogens is 2. The third-order valence-electron chi connectivity index (χ3n) is 7.16. The van der Waals surface area contributed by atoms with Crippen molar-refractivity contribution in [2.24, 2.45) is 0 Å². The van der Waals surface area contributed by atoms with E-state index in [9.17, 15) is 18.0 Å². The van der Waals surface area contributed by atoms with E-state index in [4.69, 9.17) is 23.2 Å². The van der Waals surface area contributed by atoms with Crippen molar-refractivity contribution in [1.82, 2.24) is 10.2 Å². The highest BCUT2D eigenvalue weighted by atomic mass is 35.5. The smallest absolute Gasteiger partial charge is 0.264 e. The predicted molar refractivity (Wildman–Crippen MR) is 159 cm³/mol. The number of sulfonamides is 1. The maximum absolute atomic E-state index is 14.0. The summed E-state index contributed by atoms with van der Waals surface area (Å²) in [5.41, 5.74) is 1.08. The summed E-state index contributed by atoms with van der Waals surface area (Å²) < 4.78 is 28.7. The summed E-state index contributed by atoms with van der Waals surface area (Å²) in [7, 11) is -4.21. The topological polar surface area (TPSA) is 86.8 Å². The first-order valence-electron chi connectivity index (χ1n) is 13.3. The van der Waals surface area contributed by atoms with E-state index in [2.05, 4.69) is 5.32 Å². The van der Waals surface area contributed by atoms with Crippen LogP contribution < -0.4 is 9.62 Å². The van der Waals surface area contributed by atoms with Gasteiger partial charge in [-0.2, -0.15) is 0 Å². The lowest BCUT2D eigenvalue weighted by Crippen LogP contribution is -2.53. The van der Waals surface area contributed by atoms with Crippen LogP contribution in [-0.4, -0.2) is 50.3 Å². The molecule has 7 nitrogen and oxygen atoms in total. The molecule has 0 bridgehead atoms. The van der Waals surface area contributed by atoms with Crippen molar-refractivity contribution < 1.29 is 18.0 Å². The monoisotopic (exact) mass is 601 g/mol. The largest absolute Gasteiger partial charge is 0.352 e. The van der Waals surface area contributed by atoms with Crippen molar-refractivity contribution in [2.45, 2.75) is 56.0 Å². The van der Waals surface area contributed by atoms with E-state index in [-0.39, 0.29) is 39.1 Å². The minimum absolute atomic E-state index is 0.00158. The van der Waals surface area contributed by atoms with Crippen LogP contribution in [0.3, 0.4) is 0 Å². The number of carbonyl (C=O) groups excluding carboxylic acids is 2. The van der Waals surface area contributed by atoms with Crippen molar-refractivity contribution in [3.63, 3.8) is 0 Å². The van der Waals surface area contributed by atoms with Crippen LogP contribution in [0.2, 0.25) is 10.0 Å². The first-order chi connectivity index (χ1) is 19.2. The van der Waals surface area contributed by atoms with Gasteiger partial charge in [0.15, 0.2) is 0 Å². The Hall–Kier alpha value is -3.07. The number of nitrogens with zero attached hydrogens (tertiary/aromatic N) is 2. The molecule has 2 amide bonds. The minimum atomic E-state index is -4.21.